The zero-order valence-electron chi connectivity index (χ0n) is 12.7. The van der Waals surface area contributed by atoms with Crippen LogP contribution in [0.1, 0.15) is 42.0 Å². The molecule has 0 radical (unpaired) electrons. The second kappa shape index (κ2) is 6.61. The van der Waals surface area contributed by atoms with Crippen molar-refractivity contribution >= 4 is 0 Å². The van der Waals surface area contributed by atoms with Crippen molar-refractivity contribution in [2.45, 2.75) is 39.7 Å². The van der Waals surface area contributed by atoms with Gasteiger partial charge in [-0.25, -0.2) is 0 Å². The Hall–Kier alpha value is -1.75. The van der Waals surface area contributed by atoms with Crippen molar-refractivity contribution in [3.8, 4) is 0 Å². The van der Waals surface area contributed by atoms with Crippen LogP contribution in [0, 0.1) is 13.8 Å². The van der Waals surface area contributed by atoms with E-state index in [1.54, 1.807) is 0 Å². The molecule has 5 heteroatoms. The van der Waals surface area contributed by atoms with Crippen LogP contribution in [0.2, 0.25) is 0 Å². The number of hydrogen-bond donors (Lipinski definition) is 1. The quantitative estimate of drug-likeness (QED) is 0.876. The standard InChI is InChI=1S/C15H23N5/c1-5-7-16-15(10-13-6-8-20(4)19-13)14-9-11(2)17-18-12(14)3/h6,8-9,15-16H,5,7,10H2,1-4H3. The van der Waals surface area contributed by atoms with Crippen LogP contribution in [0.25, 0.3) is 0 Å². The van der Waals surface area contributed by atoms with Crippen LogP contribution in [0.5, 0.6) is 0 Å². The molecule has 0 aliphatic heterocycles. The largest absolute Gasteiger partial charge is 0.310 e. The number of hydrogen-bond acceptors (Lipinski definition) is 4. The Balaban J connectivity index is 2.24. The minimum Gasteiger partial charge on any atom is -0.310 e. The van der Waals surface area contributed by atoms with E-state index in [1.165, 1.54) is 5.56 Å². The van der Waals surface area contributed by atoms with E-state index in [1.807, 2.05) is 31.8 Å². The molecular weight excluding hydrogens is 250 g/mol. The first-order valence-corrected chi connectivity index (χ1v) is 7.13. The van der Waals surface area contributed by atoms with Gasteiger partial charge in [-0.15, -0.1) is 0 Å². The molecule has 0 saturated carbocycles. The average Bonchev–Trinajstić information content (AvgIpc) is 2.83. The second-order valence-corrected chi connectivity index (χ2v) is 5.22. The summed E-state index contributed by atoms with van der Waals surface area (Å²) in [5.41, 5.74) is 4.25. The predicted octanol–water partition coefficient (Wildman–Crippen LogP) is 2.11. The van der Waals surface area contributed by atoms with Crippen molar-refractivity contribution in [1.29, 1.82) is 0 Å². The summed E-state index contributed by atoms with van der Waals surface area (Å²) in [7, 11) is 1.95. The summed E-state index contributed by atoms with van der Waals surface area (Å²) < 4.78 is 1.84. The molecule has 0 fully saturated rings. The van der Waals surface area contributed by atoms with Crippen LogP contribution in [0.15, 0.2) is 18.3 Å². The van der Waals surface area contributed by atoms with Crippen molar-refractivity contribution in [2.75, 3.05) is 6.54 Å². The van der Waals surface area contributed by atoms with Crippen molar-refractivity contribution in [2.24, 2.45) is 7.05 Å². The third-order valence-electron chi connectivity index (χ3n) is 3.34. The Kier molecular flexibility index (Phi) is 4.84. The fourth-order valence-corrected chi connectivity index (χ4v) is 2.31. The number of rotatable bonds is 6. The van der Waals surface area contributed by atoms with Crippen molar-refractivity contribution in [3.05, 3.63) is 41.0 Å². The van der Waals surface area contributed by atoms with Crippen LogP contribution in [0.3, 0.4) is 0 Å². The molecule has 108 valence electrons. The molecule has 5 nitrogen and oxygen atoms in total. The lowest BCUT2D eigenvalue weighted by Gasteiger charge is -2.19. The predicted molar refractivity (Wildman–Crippen MR) is 79.5 cm³/mol. The molecule has 1 atom stereocenters. The molecule has 0 aliphatic rings. The Morgan fingerprint density at radius 2 is 2.10 bits per heavy atom. The van der Waals surface area contributed by atoms with Gasteiger partial charge >= 0.3 is 0 Å². The maximum absolute atomic E-state index is 4.48. The summed E-state index contributed by atoms with van der Waals surface area (Å²) in [6.07, 6.45) is 3.96. The molecule has 2 aromatic heterocycles. The normalized spacial score (nSPS) is 12.6. The van der Waals surface area contributed by atoms with Gasteiger partial charge in [0.05, 0.1) is 17.1 Å². The molecule has 0 amide bonds. The first-order valence-electron chi connectivity index (χ1n) is 7.13. The number of aromatic nitrogens is 4. The van der Waals surface area contributed by atoms with Crippen LogP contribution >= 0.6 is 0 Å². The Morgan fingerprint density at radius 3 is 2.75 bits per heavy atom. The summed E-state index contributed by atoms with van der Waals surface area (Å²) in [6.45, 7) is 7.15. The molecule has 2 rings (SSSR count). The van der Waals surface area contributed by atoms with Crippen LogP contribution in [-0.2, 0) is 13.5 Å². The lowest BCUT2D eigenvalue weighted by atomic mass is 10.0. The van der Waals surface area contributed by atoms with E-state index in [2.05, 4.69) is 39.7 Å². The SMILES string of the molecule is CCCNC(Cc1ccn(C)n1)c1cc(C)nnc1C. The average molecular weight is 273 g/mol. The highest BCUT2D eigenvalue weighted by molar-refractivity contribution is 5.25. The van der Waals surface area contributed by atoms with Gasteiger partial charge in [-0.05, 0) is 44.5 Å². The summed E-state index contributed by atoms with van der Waals surface area (Å²) in [4.78, 5) is 0. The molecule has 1 N–H and O–H groups in total. The number of nitrogens with one attached hydrogen (secondary N) is 1. The van der Waals surface area contributed by atoms with Crippen LogP contribution in [-0.4, -0.2) is 26.5 Å². The zero-order chi connectivity index (χ0) is 14.5. The minimum absolute atomic E-state index is 0.235. The van der Waals surface area contributed by atoms with Crippen molar-refractivity contribution in [3.63, 3.8) is 0 Å². The minimum atomic E-state index is 0.235. The lowest BCUT2D eigenvalue weighted by Crippen LogP contribution is -2.25. The topological polar surface area (TPSA) is 55.6 Å². The second-order valence-electron chi connectivity index (χ2n) is 5.22. The molecule has 20 heavy (non-hydrogen) atoms. The Labute approximate surface area is 120 Å². The monoisotopic (exact) mass is 273 g/mol. The van der Waals surface area contributed by atoms with E-state index < -0.39 is 0 Å². The van der Waals surface area contributed by atoms with Crippen LogP contribution in [0.4, 0.5) is 0 Å². The summed E-state index contributed by atoms with van der Waals surface area (Å²) in [6, 6.07) is 4.43. The van der Waals surface area contributed by atoms with E-state index in [0.717, 1.165) is 36.5 Å². The van der Waals surface area contributed by atoms with Crippen molar-refractivity contribution < 1.29 is 0 Å². The molecule has 1 unspecified atom stereocenters. The summed E-state index contributed by atoms with van der Waals surface area (Å²) in [5, 5.41) is 16.4. The third-order valence-corrected chi connectivity index (χ3v) is 3.34. The third kappa shape index (κ3) is 3.63. The Bertz CT molecular complexity index is 561. The summed E-state index contributed by atoms with van der Waals surface area (Å²) in [5.74, 6) is 0. The molecule has 0 bridgehead atoms. The first kappa shape index (κ1) is 14.7. The maximum atomic E-state index is 4.48. The van der Waals surface area contributed by atoms with E-state index in [-0.39, 0.29) is 6.04 Å². The number of aryl methyl sites for hydroxylation is 3. The van der Waals surface area contributed by atoms with Gasteiger partial charge in [-0.2, -0.15) is 15.3 Å². The molecule has 2 aromatic rings. The fraction of sp³-hybridized carbons (Fsp3) is 0.533. The molecule has 0 spiro atoms. The number of nitrogens with zero attached hydrogens (tertiary/aromatic N) is 4. The Morgan fingerprint density at radius 1 is 1.30 bits per heavy atom. The molecule has 0 aromatic carbocycles. The molecule has 2 heterocycles. The maximum Gasteiger partial charge on any atom is 0.0648 e. The van der Waals surface area contributed by atoms with E-state index in [4.69, 9.17) is 0 Å². The highest BCUT2D eigenvalue weighted by Crippen LogP contribution is 2.20. The van der Waals surface area contributed by atoms with Gasteiger partial charge in [0, 0.05) is 25.7 Å². The smallest absolute Gasteiger partial charge is 0.0648 e. The molecule has 0 aliphatic carbocycles. The van der Waals surface area contributed by atoms with Crippen LogP contribution < -0.4 is 5.32 Å². The van der Waals surface area contributed by atoms with Gasteiger partial charge in [-0.1, -0.05) is 6.92 Å². The highest BCUT2D eigenvalue weighted by atomic mass is 15.2. The lowest BCUT2D eigenvalue weighted by molar-refractivity contribution is 0.515. The molecule has 0 saturated heterocycles. The van der Waals surface area contributed by atoms with E-state index in [9.17, 15) is 0 Å². The molecular formula is C15H23N5. The van der Waals surface area contributed by atoms with Gasteiger partial charge in [-0.3, -0.25) is 4.68 Å². The van der Waals surface area contributed by atoms with E-state index in [0.29, 0.717) is 0 Å². The first-order chi connectivity index (χ1) is 9.60. The fourth-order valence-electron chi connectivity index (χ4n) is 2.31. The van der Waals surface area contributed by atoms with Gasteiger partial charge in [0.1, 0.15) is 0 Å². The summed E-state index contributed by atoms with van der Waals surface area (Å²) >= 11 is 0. The van der Waals surface area contributed by atoms with E-state index >= 15 is 0 Å². The highest BCUT2D eigenvalue weighted by Gasteiger charge is 2.16. The van der Waals surface area contributed by atoms with Gasteiger partial charge in [0.15, 0.2) is 0 Å². The zero-order valence-corrected chi connectivity index (χ0v) is 12.7. The van der Waals surface area contributed by atoms with Gasteiger partial charge in [0.2, 0.25) is 0 Å². The van der Waals surface area contributed by atoms with Gasteiger partial charge in [0.25, 0.3) is 0 Å². The van der Waals surface area contributed by atoms with Gasteiger partial charge < -0.3 is 5.32 Å². The van der Waals surface area contributed by atoms with Crippen molar-refractivity contribution in [1.82, 2.24) is 25.3 Å².